The van der Waals surface area contributed by atoms with Crippen molar-refractivity contribution in [3.05, 3.63) is 34.1 Å². The second kappa shape index (κ2) is 6.47. The van der Waals surface area contributed by atoms with E-state index in [1.165, 1.54) is 6.42 Å². The smallest absolute Gasteiger partial charge is 0.137 e. The second-order valence-electron chi connectivity index (χ2n) is 4.44. The van der Waals surface area contributed by atoms with Gasteiger partial charge in [0.2, 0.25) is 0 Å². The molecule has 2 nitrogen and oxygen atoms in total. The Kier molecular flexibility index (Phi) is 4.95. The molecule has 0 aromatic heterocycles. The topological polar surface area (TPSA) is 21.3 Å². The van der Waals surface area contributed by atoms with Gasteiger partial charge in [-0.15, -0.1) is 0 Å². The van der Waals surface area contributed by atoms with E-state index < -0.39 is 0 Å². The maximum atomic E-state index is 13.2. The second-order valence-corrected chi connectivity index (χ2v) is 5.30. The lowest BCUT2D eigenvalue weighted by Gasteiger charge is -2.09. The summed E-state index contributed by atoms with van der Waals surface area (Å²) in [5, 5.41) is 3.34. The maximum absolute atomic E-state index is 13.2. The SMILES string of the molecule is Fc1cc(CNCCC2CCOC2)ccc1Br. The van der Waals surface area contributed by atoms with Crippen LogP contribution < -0.4 is 5.32 Å². The molecule has 1 atom stereocenters. The van der Waals surface area contributed by atoms with Crippen molar-refractivity contribution >= 4 is 15.9 Å². The number of ether oxygens (including phenoxy) is 1. The highest BCUT2D eigenvalue weighted by Crippen LogP contribution is 2.17. The molecule has 0 saturated carbocycles. The van der Waals surface area contributed by atoms with Gasteiger partial charge in [0.05, 0.1) is 4.47 Å². The molecule has 0 amide bonds. The van der Waals surface area contributed by atoms with Gasteiger partial charge in [0.15, 0.2) is 0 Å². The summed E-state index contributed by atoms with van der Waals surface area (Å²) in [7, 11) is 0. The van der Waals surface area contributed by atoms with Crippen molar-refractivity contribution in [1.29, 1.82) is 0 Å². The molecule has 1 saturated heterocycles. The Bertz CT molecular complexity index is 366. The highest BCUT2D eigenvalue weighted by atomic mass is 79.9. The fourth-order valence-corrected chi connectivity index (χ4v) is 2.25. The number of benzene rings is 1. The largest absolute Gasteiger partial charge is 0.381 e. The van der Waals surface area contributed by atoms with Crippen LogP contribution in [0.3, 0.4) is 0 Å². The fourth-order valence-electron chi connectivity index (χ4n) is 2.00. The summed E-state index contributed by atoms with van der Waals surface area (Å²) in [6.07, 6.45) is 2.31. The minimum absolute atomic E-state index is 0.200. The van der Waals surface area contributed by atoms with E-state index in [9.17, 15) is 4.39 Å². The standard InChI is InChI=1S/C13H17BrFNO/c14-12-2-1-11(7-13(12)15)8-16-5-3-10-4-6-17-9-10/h1-2,7,10,16H,3-6,8-9H2. The van der Waals surface area contributed by atoms with Crippen molar-refractivity contribution in [2.24, 2.45) is 5.92 Å². The first-order valence-electron chi connectivity index (χ1n) is 5.98. The molecule has 0 spiro atoms. The van der Waals surface area contributed by atoms with Crippen molar-refractivity contribution in [2.75, 3.05) is 19.8 Å². The highest BCUT2D eigenvalue weighted by molar-refractivity contribution is 9.10. The van der Waals surface area contributed by atoms with Crippen molar-refractivity contribution in [1.82, 2.24) is 5.32 Å². The molecule has 0 radical (unpaired) electrons. The van der Waals surface area contributed by atoms with Gasteiger partial charge in [-0.25, -0.2) is 4.39 Å². The van der Waals surface area contributed by atoms with E-state index in [2.05, 4.69) is 21.2 Å². The molecule has 0 bridgehead atoms. The minimum atomic E-state index is -0.200. The Morgan fingerprint density at radius 3 is 3.06 bits per heavy atom. The molecule has 1 N–H and O–H groups in total. The van der Waals surface area contributed by atoms with E-state index in [1.807, 2.05) is 6.07 Å². The molecule has 4 heteroatoms. The Morgan fingerprint density at radius 2 is 2.35 bits per heavy atom. The highest BCUT2D eigenvalue weighted by Gasteiger charge is 2.14. The van der Waals surface area contributed by atoms with E-state index in [0.29, 0.717) is 10.4 Å². The maximum Gasteiger partial charge on any atom is 0.137 e. The van der Waals surface area contributed by atoms with Crippen LogP contribution in [0.1, 0.15) is 18.4 Å². The summed E-state index contributed by atoms with van der Waals surface area (Å²) in [5.74, 6) is 0.498. The first kappa shape index (κ1) is 13.0. The molecule has 0 aliphatic carbocycles. The Morgan fingerprint density at radius 1 is 1.47 bits per heavy atom. The van der Waals surface area contributed by atoms with Gasteiger partial charge in [-0.2, -0.15) is 0 Å². The summed E-state index contributed by atoms with van der Waals surface area (Å²) < 4.78 is 19.1. The Balaban J connectivity index is 1.68. The lowest BCUT2D eigenvalue weighted by Crippen LogP contribution is -2.18. The summed E-state index contributed by atoms with van der Waals surface area (Å²) in [4.78, 5) is 0. The zero-order valence-corrected chi connectivity index (χ0v) is 11.3. The molecule has 1 aromatic carbocycles. The lowest BCUT2D eigenvalue weighted by molar-refractivity contribution is 0.184. The molecule has 1 unspecified atom stereocenters. The molecular formula is C13H17BrFNO. The van der Waals surface area contributed by atoms with Crippen molar-refractivity contribution in [3.8, 4) is 0 Å². The van der Waals surface area contributed by atoms with E-state index in [-0.39, 0.29) is 5.82 Å². The predicted octanol–water partition coefficient (Wildman–Crippen LogP) is 3.10. The van der Waals surface area contributed by atoms with Crippen molar-refractivity contribution in [2.45, 2.75) is 19.4 Å². The average molecular weight is 302 g/mol. The summed E-state index contributed by atoms with van der Waals surface area (Å²) in [6, 6.07) is 5.24. The normalized spacial score (nSPS) is 19.8. The number of nitrogens with one attached hydrogen (secondary N) is 1. The third-order valence-corrected chi connectivity index (χ3v) is 3.71. The number of hydrogen-bond donors (Lipinski definition) is 1. The molecule has 94 valence electrons. The zero-order valence-electron chi connectivity index (χ0n) is 9.72. The Hall–Kier alpha value is -0.450. The molecule has 1 aliphatic rings. The van der Waals surface area contributed by atoms with Gasteiger partial charge in [0.25, 0.3) is 0 Å². The summed E-state index contributed by atoms with van der Waals surface area (Å²) in [5.41, 5.74) is 0.980. The average Bonchev–Trinajstić information content (AvgIpc) is 2.82. The molecule has 17 heavy (non-hydrogen) atoms. The van der Waals surface area contributed by atoms with Gasteiger partial charge < -0.3 is 10.1 Å². The molecule has 1 aliphatic heterocycles. The lowest BCUT2D eigenvalue weighted by atomic mass is 10.1. The van der Waals surface area contributed by atoms with Gasteiger partial charge in [-0.1, -0.05) is 6.07 Å². The zero-order chi connectivity index (χ0) is 12.1. The van der Waals surface area contributed by atoms with Crippen LogP contribution in [0, 0.1) is 11.7 Å². The van der Waals surface area contributed by atoms with E-state index in [0.717, 1.165) is 38.3 Å². The fraction of sp³-hybridized carbons (Fsp3) is 0.538. The van der Waals surface area contributed by atoms with Gasteiger partial charge >= 0.3 is 0 Å². The Labute approximate surface area is 110 Å². The number of hydrogen-bond acceptors (Lipinski definition) is 2. The third kappa shape index (κ3) is 4.05. The quantitative estimate of drug-likeness (QED) is 0.844. The van der Waals surface area contributed by atoms with Crippen LogP contribution in [0.4, 0.5) is 4.39 Å². The van der Waals surface area contributed by atoms with Gasteiger partial charge in [-0.05, 0) is 58.9 Å². The van der Waals surface area contributed by atoms with E-state index in [1.54, 1.807) is 12.1 Å². The van der Waals surface area contributed by atoms with Crippen LogP contribution in [-0.4, -0.2) is 19.8 Å². The van der Waals surface area contributed by atoms with Crippen LogP contribution >= 0.6 is 15.9 Å². The van der Waals surface area contributed by atoms with Crippen LogP contribution in [0.5, 0.6) is 0 Å². The van der Waals surface area contributed by atoms with Gasteiger partial charge in [0.1, 0.15) is 5.82 Å². The van der Waals surface area contributed by atoms with Crippen LogP contribution in [0.2, 0.25) is 0 Å². The van der Waals surface area contributed by atoms with Crippen LogP contribution in [-0.2, 0) is 11.3 Å². The number of halogens is 2. The van der Waals surface area contributed by atoms with Gasteiger partial charge in [0, 0.05) is 19.8 Å². The first-order valence-corrected chi connectivity index (χ1v) is 6.77. The molecular weight excluding hydrogens is 285 g/mol. The first-order chi connectivity index (χ1) is 8.25. The molecule has 1 heterocycles. The molecule has 2 rings (SSSR count). The van der Waals surface area contributed by atoms with Gasteiger partial charge in [-0.3, -0.25) is 0 Å². The van der Waals surface area contributed by atoms with Crippen molar-refractivity contribution in [3.63, 3.8) is 0 Å². The van der Waals surface area contributed by atoms with E-state index >= 15 is 0 Å². The molecule has 1 aromatic rings. The van der Waals surface area contributed by atoms with Crippen LogP contribution in [0.25, 0.3) is 0 Å². The van der Waals surface area contributed by atoms with Crippen LogP contribution in [0.15, 0.2) is 22.7 Å². The summed E-state index contributed by atoms with van der Waals surface area (Å²) in [6.45, 7) is 3.49. The molecule has 1 fully saturated rings. The number of rotatable bonds is 5. The third-order valence-electron chi connectivity index (χ3n) is 3.07. The predicted molar refractivity (Wildman–Crippen MR) is 69.3 cm³/mol. The minimum Gasteiger partial charge on any atom is -0.381 e. The van der Waals surface area contributed by atoms with Crippen molar-refractivity contribution < 1.29 is 9.13 Å². The summed E-state index contributed by atoms with van der Waals surface area (Å²) >= 11 is 3.15. The monoisotopic (exact) mass is 301 g/mol. The van der Waals surface area contributed by atoms with E-state index in [4.69, 9.17) is 4.74 Å².